The van der Waals surface area contributed by atoms with E-state index in [1.165, 1.54) is 0 Å². The fourth-order valence-corrected chi connectivity index (χ4v) is 3.40. The van der Waals surface area contributed by atoms with Crippen LogP contribution in [0.15, 0.2) is 14.3 Å². The molecule has 0 unspecified atom stereocenters. The standard InChI is InChI=1S/C10H9Br2NO2S/c1-2-3-13(6-9(14)15)5-7-4-8(11)10(12)16-7/h1,4H,3,5-6H2,(H,14,15). The van der Waals surface area contributed by atoms with Gasteiger partial charge in [0, 0.05) is 15.9 Å². The van der Waals surface area contributed by atoms with Gasteiger partial charge in [0.25, 0.3) is 0 Å². The van der Waals surface area contributed by atoms with Crippen LogP contribution in [0.5, 0.6) is 0 Å². The molecule has 0 fully saturated rings. The zero-order valence-electron chi connectivity index (χ0n) is 8.24. The van der Waals surface area contributed by atoms with Crippen molar-refractivity contribution < 1.29 is 9.90 Å². The van der Waals surface area contributed by atoms with Crippen LogP contribution in [-0.4, -0.2) is 29.1 Å². The first kappa shape index (κ1) is 13.7. The number of carboxylic acids is 1. The van der Waals surface area contributed by atoms with Crippen molar-refractivity contribution in [3.63, 3.8) is 0 Å². The maximum Gasteiger partial charge on any atom is 0.317 e. The molecule has 0 saturated heterocycles. The lowest BCUT2D eigenvalue weighted by atomic mass is 10.4. The lowest BCUT2D eigenvalue weighted by Crippen LogP contribution is -2.29. The second kappa shape index (κ2) is 6.40. The zero-order valence-corrected chi connectivity index (χ0v) is 12.2. The summed E-state index contributed by atoms with van der Waals surface area (Å²) in [4.78, 5) is 13.4. The molecule has 0 amide bonds. The Hall–Kier alpha value is -0.350. The Balaban J connectivity index is 2.68. The third-order valence-corrected chi connectivity index (χ3v) is 4.99. The highest BCUT2D eigenvalue weighted by atomic mass is 79.9. The number of aliphatic carboxylic acids is 1. The molecule has 1 heterocycles. The first-order valence-corrected chi connectivity index (χ1v) is 6.74. The summed E-state index contributed by atoms with van der Waals surface area (Å²) in [5.74, 6) is 1.59. The van der Waals surface area contributed by atoms with E-state index < -0.39 is 5.97 Å². The van der Waals surface area contributed by atoms with Gasteiger partial charge >= 0.3 is 5.97 Å². The number of halogens is 2. The van der Waals surface area contributed by atoms with Gasteiger partial charge in [-0.15, -0.1) is 17.8 Å². The molecule has 1 rings (SSSR count). The smallest absolute Gasteiger partial charge is 0.317 e. The summed E-state index contributed by atoms with van der Waals surface area (Å²) in [6.07, 6.45) is 5.19. The van der Waals surface area contributed by atoms with Gasteiger partial charge in [0.05, 0.1) is 16.9 Å². The summed E-state index contributed by atoms with van der Waals surface area (Å²) in [6.45, 7) is 0.835. The Morgan fingerprint density at radius 1 is 1.62 bits per heavy atom. The van der Waals surface area contributed by atoms with Gasteiger partial charge in [0.15, 0.2) is 0 Å². The molecular formula is C10H9Br2NO2S. The van der Waals surface area contributed by atoms with Crippen molar-refractivity contribution >= 4 is 49.2 Å². The second-order valence-electron chi connectivity index (χ2n) is 3.08. The maximum atomic E-state index is 10.6. The number of carboxylic acid groups (broad SMARTS) is 1. The van der Waals surface area contributed by atoms with E-state index >= 15 is 0 Å². The summed E-state index contributed by atoms with van der Waals surface area (Å²) >= 11 is 8.34. The topological polar surface area (TPSA) is 40.5 Å². The third kappa shape index (κ3) is 4.26. The van der Waals surface area contributed by atoms with E-state index in [4.69, 9.17) is 11.5 Å². The minimum Gasteiger partial charge on any atom is -0.480 e. The summed E-state index contributed by atoms with van der Waals surface area (Å²) in [7, 11) is 0. The minimum absolute atomic E-state index is 0.0443. The molecule has 1 aromatic heterocycles. The van der Waals surface area contributed by atoms with Gasteiger partial charge in [0.2, 0.25) is 0 Å². The van der Waals surface area contributed by atoms with Crippen LogP contribution in [0, 0.1) is 12.3 Å². The van der Waals surface area contributed by atoms with Gasteiger partial charge in [-0.3, -0.25) is 9.69 Å². The van der Waals surface area contributed by atoms with Gasteiger partial charge in [0.1, 0.15) is 0 Å². The van der Waals surface area contributed by atoms with Crippen molar-refractivity contribution in [2.45, 2.75) is 6.54 Å². The fraction of sp³-hybridized carbons (Fsp3) is 0.300. The van der Waals surface area contributed by atoms with Crippen LogP contribution in [0.4, 0.5) is 0 Å². The molecule has 3 nitrogen and oxygen atoms in total. The van der Waals surface area contributed by atoms with E-state index in [0.29, 0.717) is 13.1 Å². The molecule has 1 N–H and O–H groups in total. The highest BCUT2D eigenvalue weighted by Gasteiger charge is 2.12. The Morgan fingerprint density at radius 2 is 2.31 bits per heavy atom. The molecule has 0 radical (unpaired) electrons. The number of terminal acetylenes is 1. The molecule has 0 spiro atoms. The second-order valence-corrected chi connectivity index (χ2v) is 6.39. The molecule has 0 saturated carbocycles. The number of hydrogen-bond donors (Lipinski definition) is 1. The molecule has 0 bridgehead atoms. The number of thiophene rings is 1. The van der Waals surface area contributed by atoms with Gasteiger partial charge in [-0.2, -0.15) is 0 Å². The van der Waals surface area contributed by atoms with E-state index in [1.54, 1.807) is 16.2 Å². The Morgan fingerprint density at radius 3 is 2.75 bits per heavy atom. The summed E-state index contributed by atoms with van der Waals surface area (Å²) < 4.78 is 1.97. The summed E-state index contributed by atoms with van der Waals surface area (Å²) in [6, 6.07) is 1.96. The average molecular weight is 367 g/mol. The van der Waals surface area contributed by atoms with Crippen molar-refractivity contribution in [3.05, 3.63) is 19.2 Å². The molecule has 1 aromatic rings. The number of nitrogens with zero attached hydrogens (tertiary/aromatic N) is 1. The van der Waals surface area contributed by atoms with E-state index in [-0.39, 0.29) is 6.54 Å². The lowest BCUT2D eigenvalue weighted by molar-refractivity contribution is -0.138. The molecule has 0 aliphatic carbocycles. The molecular weight excluding hydrogens is 358 g/mol. The van der Waals surface area contributed by atoms with Crippen LogP contribution in [0.2, 0.25) is 0 Å². The Labute approximate surface area is 115 Å². The predicted octanol–water partition coefficient (Wildman–Crippen LogP) is 2.79. The zero-order chi connectivity index (χ0) is 12.1. The molecule has 0 aliphatic rings. The molecule has 16 heavy (non-hydrogen) atoms. The van der Waals surface area contributed by atoms with Crippen LogP contribution in [-0.2, 0) is 11.3 Å². The van der Waals surface area contributed by atoms with Crippen LogP contribution in [0.3, 0.4) is 0 Å². The number of hydrogen-bond acceptors (Lipinski definition) is 3. The predicted molar refractivity (Wildman–Crippen MR) is 71.5 cm³/mol. The van der Waals surface area contributed by atoms with Gasteiger partial charge in [-0.25, -0.2) is 0 Å². The summed E-state index contributed by atoms with van der Waals surface area (Å²) in [5.41, 5.74) is 0. The quantitative estimate of drug-likeness (QED) is 0.814. The van der Waals surface area contributed by atoms with Crippen molar-refractivity contribution in [2.24, 2.45) is 0 Å². The first-order valence-electron chi connectivity index (χ1n) is 4.34. The number of carbonyl (C=O) groups is 1. The van der Waals surface area contributed by atoms with Crippen molar-refractivity contribution in [1.82, 2.24) is 4.90 Å². The Kier molecular flexibility index (Phi) is 5.49. The fourth-order valence-electron chi connectivity index (χ4n) is 1.18. The highest BCUT2D eigenvalue weighted by molar-refractivity contribution is 9.13. The SMILES string of the molecule is C#CCN(CC(=O)O)Cc1cc(Br)c(Br)s1. The normalized spacial score (nSPS) is 10.4. The van der Waals surface area contributed by atoms with E-state index in [2.05, 4.69) is 37.8 Å². The maximum absolute atomic E-state index is 10.6. The minimum atomic E-state index is -0.870. The van der Waals surface area contributed by atoms with Crippen molar-refractivity contribution in [3.8, 4) is 12.3 Å². The van der Waals surface area contributed by atoms with Crippen LogP contribution in [0.25, 0.3) is 0 Å². The highest BCUT2D eigenvalue weighted by Crippen LogP contribution is 2.32. The van der Waals surface area contributed by atoms with Crippen molar-refractivity contribution in [2.75, 3.05) is 13.1 Å². The first-order chi connectivity index (χ1) is 7.52. The molecule has 0 aliphatic heterocycles. The molecule has 6 heteroatoms. The Bertz CT molecular complexity index is 405. The van der Waals surface area contributed by atoms with Crippen LogP contribution >= 0.6 is 43.2 Å². The van der Waals surface area contributed by atoms with E-state index in [9.17, 15) is 4.79 Å². The molecule has 86 valence electrons. The van der Waals surface area contributed by atoms with Gasteiger partial charge in [-0.05, 0) is 37.9 Å². The monoisotopic (exact) mass is 365 g/mol. The lowest BCUT2D eigenvalue weighted by Gasteiger charge is -2.15. The van der Waals surface area contributed by atoms with Gasteiger partial charge < -0.3 is 5.11 Å². The van der Waals surface area contributed by atoms with Crippen LogP contribution in [0.1, 0.15) is 4.88 Å². The third-order valence-electron chi connectivity index (χ3n) is 1.75. The summed E-state index contributed by atoms with van der Waals surface area (Å²) in [5, 5.41) is 8.72. The average Bonchev–Trinajstić information content (AvgIpc) is 2.45. The van der Waals surface area contributed by atoms with Crippen molar-refractivity contribution in [1.29, 1.82) is 0 Å². The van der Waals surface area contributed by atoms with Gasteiger partial charge in [-0.1, -0.05) is 5.92 Å². The van der Waals surface area contributed by atoms with Crippen LogP contribution < -0.4 is 0 Å². The van der Waals surface area contributed by atoms with E-state index in [0.717, 1.165) is 13.1 Å². The molecule has 0 atom stereocenters. The molecule has 0 aromatic carbocycles. The van der Waals surface area contributed by atoms with E-state index in [1.807, 2.05) is 6.07 Å². The number of rotatable bonds is 5. The largest absolute Gasteiger partial charge is 0.480 e.